The number of amides is 1. The number of benzene rings is 1. The van der Waals surface area contributed by atoms with Crippen LogP contribution in [-0.2, 0) is 4.79 Å². The number of ether oxygens (including phenoxy) is 2. The Hall–Kier alpha value is -1.36. The van der Waals surface area contributed by atoms with E-state index in [1.54, 1.807) is 18.9 Å². The Morgan fingerprint density at radius 1 is 1.29 bits per heavy atom. The summed E-state index contributed by atoms with van der Waals surface area (Å²) in [6.45, 7) is 5.92. The summed E-state index contributed by atoms with van der Waals surface area (Å²) < 4.78 is 11.1. The van der Waals surface area contributed by atoms with Crippen molar-refractivity contribution in [2.75, 3.05) is 19.1 Å². The van der Waals surface area contributed by atoms with E-state index in [2.05, 4.69) is 5.32 Å². The zero-order chi connectivity index (χ0) is 15.8. The number of methoxy groups -OCH3 is 1. The van der Waals surface area contributed by atoms with Gasteiger partial charge in [0.15, 0.2) is 11.5 Å². The molecular formula is C16H25NO3S. The number of carbonyl (C=O) groups excluding carboxylic acids is 1. The topological polar surface area (TPSA) is 47.6 Å². The van der Waals surface area contributed by atoms with Crippen LogP contribution in [0.3, 0.4) is 0 Å². The lowest BCUT2D eigenvalue weighted by atomic mass is 10.1. The molecule has 0 heterocycles. The molecule has 21 heavy (non-hydrogen) atoms. The van der Waals surface area contributed by atoms with Crippen LogP contribution in [0, 0.1) is 0 Å². The minimum atomic E-state index is -0.0543. The van der Waals surface area contributed by atoms with Gasteiger partial charge < -0.3 is 14.8 Å². The Bertz CT molecular complexity index is 463. The lowest BCUT2D eigenvalue weighted by molar-refractivity contribution is -0.121. The minimum absolute atomic E-state index is 0.0543. The van der Waals surface area contributed by atoms with Gasteiger partial charge in [-0.1, -0.05) is 6.07 Å². The zero-order valence-corrected chi connectivity index (χ0v) is 14.3. The molecule has 0 spiro atoms. The second kappa shape index (κ2) is 8.82. The van der Waals surface area contributed by atoms with Crippen molar-refractivity contribution in [3.05, 3.63) is 23.8 Å². The summed E-state index contributed by atoms with van der Waals surface area (Å²) in [5.74, 6) is 2.31. The molecule has 0 fully saturated rings. The largest absolute Gasteiger partial charge is 0.493 e. The third kappa shape index (κ3) is 5.87. The molecule has 0 aliphatic carbocycles. The number of hydrogen-bond donors (Lipinski definition) is 1. The van der Waals surface area contributed by atoms with E-state index in [1.165, 1.54) is 0 Å². The fourth-order valence-electron chi connectivity index (χ4n) is 1.90. The molecule has 0 bridgehead atoms. The van der Waals surface area contributed by atoms with Crippen molar-refractivity contribution < 1.29 is 14.3 Å². The summed E-state index contributed by atoms with van der Waals surface area (Å²) in [6.07, 6.45) is 2.63. The predicted octanol–water partition coefficient (Wildman–Crippen LogP) is 3.41. The lowest BCUT2D eigenvalue weighted by Gasteiger charge is -2.18. The van der Waals surface area contributed by atoms with E-state index in [0.717, 1.165) is 17.1 Å². The molecule has 4 nitrogen and oxygen atoms in total. The fourth-order valence-corrected chi connectivity index (χ4v) is 2.29. The third-order valence-corrected chi connectivity index (χ3v) is 3.57. The van der Waals surface area contributed by atoms with E-state index < -0.39 is 0 Å². The predicted molar refractivity (Wildman–Crippen MR) is 88.3 cm³/mol. The van der Waals surface area contributed by atoms with E-state index >= 15 is 0 Å². The van der Waals surface area contributed by atoms with Crippen LogP contribution in [0.2, 0.25) is 0 Å². The number of hydrogen-bond acceptors (Lipinski definition) is 4. The average Bonchev–Trinajstić information content (AvgIpc) is 2.44. The first-order valence-corrected chi connectivity index (χ1v) is 8.50. The Labute approximate surface area is 131 Å². The quantitative estimate of drug-likeness (QED) is 0.799. The highest BCUT2D eigenvalue weighted by Crippen LogP contribution is 2.31. The highest BCUT2D eigenvalue weighted by atomic mass is 32.2. The van der Waals surface area contributed by atoms with Crippen LogP contribution >= 0.6 is 11.8 Å². The Kier molecular flexibility index (Phi) is 7.43. The van der Waals surface area contributed by atoms with Crippen molar-refractivity contribution in [2.45, 2.75) is 39.3 Å². The van der Waals surface area contributed by atoms with Crippen molar-refractivity contribution in [3.8, 4) is 11.5 Å². The summed E-state index contributed by atoms with van der Waals surface area (Å²) >= 11 is 1.67. The molecule has 1 amide bonds. The van der Waals surface area contributed by atoms with Gasteiger partial charge in [-0.3, -0.25) is 4.79 Å². The van der Waals surface area contributed by atoms with Crippen LogP contribution in [0.1, 0.15) is 38.8 Å². The maximum atomic E-state index is 11.8. The molecule has 118 valence electrons. The second-order valence-electron chi connectivity index (χ2n) is 5.11. The van der Waals surface area contributed by atoms with E-state index in [1.807, 2.05) is 45.2 Å². The molecule has 1 aromatic carbocycles. The van der Waals surface area contributed by atoms with Gasteiger partial charge in [0.25, 0.3) is 0 Å². The van der Waals surface area contributed by atoms with Crippen LogP contribution in [0.5, 0.6) is 11.5 Å². The van der Waals surface area contributed by atoms with Crippen molar-refractivity contribution in [1.82, 2.24) is 5.32 Å². The van der Waals surface area contributed by atoms with E-state index in [0.29, 0.717) is 12.2 Å². The Morgan fingerprint density at radius 3 is 2.57 bits per heavy atom. The van der Waals surface area contributed by atoms with Crippen LogP contribution in [0.25, 0.3) is 0 Å². The first-order valence-electron chi connectivity index (χ1n) is 7.10. The monoisotopic (exact) mass is 311 g/mol. The molecule has 0 saturated heterocycles. The summed E-state index contributed by atoms with van der Waals surface area (Å²) in [7, 11) is 1.62. The average molecular weight is 311 g/mol. The minimum Gasteiger partial charge on any atom is -0.493 e. The molecular weight excluding hydrogens is 286 g/mol. The van der Waals surface area contributed by atoms with Crippen molar-refractivity contribution in [3.63, 3.8) is 0 Å². The van der Waals surface area contributed by atoms with Gasteiger partial charge in [-0.05, 0) is 44.7 Å². The van der Waals surface area contributed by atoms with Gasteiger partial charge in [0, 0.05) is 12.2 Å². The first-order chi connectivity index (χ1) is 9.97. The Balaban J connectivity index is 2.76. The van der Waals surface area contributed by atoms with Gasteiger partial charge in [0.05, 0.1) is 19.3 Å². The summed E-state index contributed by atoms with van der Waals surface area (Å²) in [6, 6.07) is 5.71. The number of rotatable bonds is 8. The molecule has 0 saturated carbocycles. The van der Waals surface area contributed by atoms with E-state index in [-0.39, 0.29) is 18.1 Å². The van der Waals surface area contributed by atoms with Gasteiger partial charge in [-0.25, -0.2) is 0 Å². The van der Waals surface area contributed by atoms with E-state index in [4.69, 9.17) is 9.47 Å². The van der Waals surface area contributed by atoms with Gasteiger partial charge in [-0.15, -0.1) is 0 Å². The lowest BCUT2D eigenvalue weighted by Crippen LogP contribution is -2.26. The molecule has 1 aromatic rings. The van der Waals surface area contributed by atoms with Gasteiger partial charge in [-0.2, -0.15) is 11.8 Å². The number of nitrogens with one attached hydrogen (secondary N) is 1. The molecule has 0 unspecified atom stereocenters. The molecule has 0 aromatic heterocycles. The van der Waals surface area contributed by atoms with Crippen LogP contribution in [0.15, 0.2) is 18.2 Å². The zero-order valence-electron chi connectivity index (χ0n) is 13.4. The van der Waals surface area contributed by atoms with Gasteiger partial charge in [0.1, 0.15) is 0 Å². The standard InChI is InChI=1S/C16H25NO3S/c1-11(2)20-14-7-6-13(10-15(14)19-4)12(3)17-16(18)8-9-21-5/h6-7,10-12H,8-9H2,1-5H3,(H,17,18)/t12-/m0/s1. The van der Waals surface area contributed by atoms with Crippen molar-refractivity contribution >= 4 is 17.7 Å². The number of carbonyl (C=O) groups is 1. The number of thioether (sulfide) groups is 1. The molecule has 0 aliphatic rings. The molecule has 1 N–H and O–H groups in total. The molecule has 5 heteroatoms. The maximum absolute atomic E-state index is 11.8. The molecule has 1 rings (SSSR count). The van der Waals surface area contributed by atoms with E-state index in [9.17, 15) is 4.79 Å². The normalized spacial score (nSPS) is 12.1. The maximum Gasteiger partial charge on any atom is 0.221 e. The van der Waals surface area contributed by atoms with Crippen LogP contribution < -0.4 is 14.8 Å². The highest BCUT2D eigenvalue weighted by Gasteiger charge is 2.13. The highest BCUT2D eigenvalue weighted by molar-refractivity contribution is 7.98. The summed E-state index contributed by atoms with van der Waals surface area (Å²) in [4.78, 5) is 11.8. The SMILES string of the molecule is COc1cc([C@H](C)NC(=O)CCSC)ccc1OC(C)C. The van der Waals surface area contributed by atoms with Crippen LogP contribution in [-0.4, -0.2) is 31.1 Å². The molecule has 1 atom stereocenters. The van der Waals surface area contributed by atoms with Crippen molar-refractivity contribution in [1.29, 1.82) is 0 Å². The fraction of sp³-hybridized carbons (Fsp3) is 0.562. The van der Waals surface area contributed by atoms with Crippen molar-refractivity contribution in [2.24, 2.45) is 0 Å². The van der Waals surface area contributed by atoms with Crippen LogP contribution in [0.4, 0.5) is 0 Å². The second-order valence-corrected chi connectivity index (χ2v) is 6.09. The smallest absolute Gasteiger partial charge is 0.221 e. The van der Waals surface area contributed by atoms with Gasteiger partial charge >= 0.3 is 0 Å². The summed E-state index contributed by atoms with van der Waals surface area (Å²) in [5.41, 5.74) is 1.00. The molecule has 0 aliphatic heterocycles. The first kappa shape index (κ1) is 17.7. The van der Waals surface area contributed by atoms with Gasteiger partial charge in [0.2, 0.25) is 5.91 Å². The third-order valence-electron chi connectivity index (χ3n) is 2.96. The molecule has 0 radical (unpaired) electrons. The Morgan fingerprint density at radius 2 is 2.00 bits per heavy atom. The summed E-state index contributed by atoms with van der Waals surface area (Å²) in [5, 5.41) is 2.99.